The minimum Gasteiger partial charge on any atom is -0.326 e. The molecule has 5 atom stereocenters. The van der Waals surface area contributed by atoms with Crippen molar-refractivity contribution in [3.63, 3.8) is 0 Å². The Morgan fingerprint density at radius 1 is 0.889 bits per heavy atom. The van der Waals surface area contributed by atoms with E-state index in [0.29, 0.717) is 12.1 Å². The smallest absolute Gasteiger partial charge is 0.0252 e. The average molecular weight is 250 g/mol. The Morgan fingerprint density at radius 2 is 1.67 bits per heavy atom. The van der Waals surface area contributed by atoms with Crippen LogP contribution in [0.5, 0.6) is 0 Å². The minimum atomic E-state index is 0.446. The minimum absolute atomic E-state index is 0.446. The van der Waals surface area contributed by atoms with Crippen LogP contribution in [0.1, 0.15) is 64.7 Å². The average Bonchev–Trinajstić information content (AvgIpc) is 2.41. The van der Waals surface area contributed by atoms with Gasteiger partial charge in [-0.05, 0) is 63.3 Å². The first kappa shape index (κ1) is 12.9. The highest BCUT2D eigenvalue weighted by Gasteiger charge is 2.40. The summed E-state index contributed by atoms with van der Waals surface area (Å²) in [5.74, 6) is 1.88. The molecule has 104 valence electrons. The lowest BCUT2D eigenvalue weighted by Crippen LogP contribution is -2.58. The van der Waals surface area contributed by atoms with Gasteiger partial charge < -0.3 is 5.73 Å². The summed E-state index contributed by atoms with van der Waals surface area (Å²) in [6, 6.07) is 2.02. The molecule has 0 bridgehead atoms. The van der Waals surface area contributed by atoms with Gasteiger partial charge in [0, 0.05) is 18.1 Å². The maximum atomic E-state index is 6.45. The lowest BCUT2D eigenvalue weighted by atomic mass is 9.75. The Kier molecular flexibility index (Phi) is 3.95. The van der Waals surface area contributed by atoms with E-state index in [4.69, 9.17) is 5.73 Å². The van der Waals surface area contributed by atoms with Crippen LogP contribution in [0.2, 0.25) is 0 Å². The van der Waals surface area contributed by atoms with Crippen LogP contribution in [0.15, 0.2) is 0 Å². The van der Waals surface area contributed by atoms with Gasteiger partial charge in [0.25, 0.3) is 0 Å². The highest BCUT2D eigenvalue weighted by Crippen LogP contribution is 2.39. The topological polar surface area (TPSA) is 29.3 Å². The van der Waals surface area contributed by atoms with Crippen molar-refractivity contribution in [2.75, 3.05) is 6.54 Å². The molecule has 0 radical (unpaired) electrons. The molecule has 3 rings (SSSR count). The van der Waals surface area contributed by atoms with E-state index in [1.807, 2.05) is 0 Å². The Balaban J connectivity index is 1.72. The van der Waals surface area contributed by atoms with Crippen molar-refractivity contribution < 1.29 is 0 Å². The van der Waals surface area contributed by atoms with E-state index in [0.717, 1.165) is 17.9 Å². The van der Waals surface area contributed by atoms with Crippen molar-refractivity contribution in [1.29, 1.82) is 0 Å². The van der Waals surface area contributed by atoms with Crippen LogP contribution >= 0.6 is 0 Å². The van der Waals surface area contributed by atoms with E-state index >= 15 is 0 Å². The van der Waals surface area contributed by atoms with Crippen molar-refractivity contribution in [3.05, 3.63) is 0 Å². The molecule has 2 aliphatic carbocycles. The number of hydrogen-bond acceptors (Lipinski definition) is 2. The molecule has 2 N–H and O–H groups in total. The highest BCUT2D eigenvalue weighted by molar-refractivity contribution is 4.96. The molecule has 2 heteroatoms. The zero-order valence-corrected chi connectivity index (χ0v) is 12.0. The predicted molar refractivity (Wildman–Crippen MR) is 76.5 cm³/mol. The molecule has 0 aromatic carbocycles. The third-order valence-corrected chi connectivity index (χ3v) is 5.84. The van der Waals surface area contributed by atoms with Gasteiger partial charge in [-0.1, -0.05) is 19.8 Å². The van der Waals surface area contributed by atoms with Crippen molar-refractivity contribution >= 4 is 0 Å². The van der Waals surface area contributed by atoms with Crippen LogP contribution in [0.3, 0.4) is 0 Å². The van der Waals surface area contributed by atoms with Crippen molar-refractivity contribution in [2.24, 2.45) is 17.6 Å². The molecule has 3 aliphatic rings. The highest BCUT2D eigenvalue weighted by atomic mass is 15.2. The molecule has 0 aromatic rings. The van der Waals surface area contributed by atoms with Crippen LogP contribution in [-0.2, 0) is 0 Å². The van der Waals surface area contributed by atoms with Crippen LogP contribution in [0.25, 0.3) is 0 Å². The zero-order valence-electron chi connectivity index (χ0n) is 12.0. The molecule has 5 unspecified atom stereocenters. The SMILES string of the molecule is CC1CCC(N)C(N2CCCC3CCCCC32)C1. The van der Waals surface area contributed by atoms with Gasteiger partial charge in [-0.2, -0.15) is 0 Å². The number of fused-ring (bicyclic) bond motifs is 1. The van der Waals surface area contributed by atoms with Gasteiger partial charge in [0.05, 0.1) is 0 Å². The summed E-state index contributed by atoms with van der Waals surface area (Å²) < 4.78 is 0. The molecule has 3 fully saturated rings. The first-order valence-corrected chi connectivity index (χ1v) is 8.27. The summed E-state index contributed by atoms with van der Waals surface area (Å²) in [7, 11) is 0. The Morgan fingerprint density at radius 3 is 2.56 bits per heavy atom. The fourth-order valence-electron chi connectivity index (χ4n) is 4.83. The summed E-state index contributed by atoms with van der Waals surface area (Å²) in [4.78, 5) is 2.85. The predicted octanol–water partition coefficient (Wildman–Crippen LogP) is 3.16. The summed E-state index contributed by atoms with van der Waals surface area (Å²) >= 11 is 0. The monoisotopic (exact) mass is 250 g/mol. The molecule has 0 amide bonds. The fraction of sp³-hybridized carbons (Fsp3) is 1.00. The summed E-state index contributed by atoms with van der Waals surface area (Å²) in [6.45, 7) is 3.74. The lowest BCUT2D eigenvalue weighted by Gasteiger charge is -2.51. The number of hydrogen-bond donors (Lipinski definition) is 1. The van der Waals surface area contributed by atoms with E-state index < -0.39 is 0 Å². The van der Waals surface area contributed by atoms with Crippen molar-refractivity contribution in [3.8, 4) is 0 Å². The normalized spacial score (nSPS) is 46.7. The van der Waals surface area contributed by atoms with Crippen LogP contribution < -0.4 is 5.73 Å². The largest absolute Gasteiger partial charge is 0.326 e. The second-order valence-electron chi connectivity index (χ2n) is 7.14. The van der Waals surface area contributed by atoms with Crippen molar-refractivity contribution in [1.82, 2.24) is 4.90 Å². The van der Waals surface area contributed by atoms with Gasteiger partial charge in [0.15, 0.2) is 0 Å². The lowest BCUT2D eigenvalue weighted by molar-refractivity contribution is -0.00127. The van der Waals surface area contributed by atoms with Crippen molar-refractivity contribution in [2.45, 2.75) is 82.8 Å². The number of rotatable bonds is 1. The molecule has 0 spiro atoms. The number of nitrogens with zero attached hydrogens (tertiary/aromatic N) is 1. The van der Waals surface area contributed by atoms with Gasteiger partial charge in [-0.3, -0.25) is 4.90 Å². The molecule has 2 nitrogen and oxygen atoms in total. The molecular weight excluding hydrogens is 220 g/mol. The number of piperidine rings is 1. The Labute approximate surface area is 112 Å². The number of nitrogens with two attached hydrogens (primary N) is 1. The fourth-order valence-corrected chi connectivity index (χ4v) is 4.83. The van der Waals surface area contributed by atoms with E-state index in [-0.39, 0.29) is 0 Å². The van der Waals surface area contributed by atoms with E-state index in [9.17, 15) is 0 Å². The molecule has 2 saturated carbocycles. The first-order chi connectivity index (χ1) is 8.75. The van der Waals surface area contributed by atoms with Gasteiger partial charge in [0.1, 0.15) is 0 Å². The quantitative estimate of drug-likeness (QED) is 0.774. The molecule has 1 saturated heterocycles. The first-order valence-electron chi connectivity index (χ1n) is 8.27. The summed E-state index contributed by atoms with van der Waals surface area (Å²) in [6.07, 6.45) is 12.7. The summed E-state index contributed by atoms with van der Waals surface area (Å²) in [5, 5.41) is 0. The second kappa shape index (κ2) is 5.50. The molecular formula is C16H30N2. The third kappa shape index (κ3) is 2.46. The molecule has 0 aromatic heterocycles. The summed E-state index contributed by atoms with van der Waals surface area (Å²) in [5.41, 5.74) is 6.45. The Bertz CT molecular complexity index is 276. The third-order valence-electron chi connectivity index (χ3n) is 5.84. The van der Waals surface area contributed by atoms with E-state index in [1.54, 1.807) is 0 Å². The van der Waals surface area contributed by atoms with E-state index in [2.05, 4.69) is 11.8 Å². The molecule has 18 heavy (non-hydrogen) atoms. The number of likely N-dealkylation sites (tertiary alicyclic amines) is 1. The van der Waals surface area contributed by atoms with Crippen LogP contribution in [-0.4, -0.2) is 29.6 Å². The zero-order chi connectivity index (χ0) is 12.5. The van der Waals surface area contributed by atoms with Crippen LogP contribution in [0, 0.1) is 11.8 Å². The Hall–Kier alpha value is -0.0800. The van der Waals surface area contributed by atoms with Gasteiger partial charge >= 0.3 is 0 Å². The second-order valence-corrected chi connectivity index (χ2v) is 7.14. The van der Waals surface area contributed by atoms with Gasteiger partial charge in [0.2, 0.25) is 0 Å². The van der Waals surface area contributed by atoms with Gasteiger partial charge in [-0.25, -0.2) is 0 Å². The van der Waals surface area contributed by atoms with E-state index in [1.165, 1.54) is 64.3 Å². The molecule has 1 aliphatic heterocycles. The van der Waals surface area contributed by atoms with Gasteiger partial charge in [-0.15, -0.1) is 0 Å². The maximum Gasteiger partial charge on any atom is 0.0252 e. The molecule has 1 heterocycles. The van der Waals surface area contributed by atoms with Crippen LogP contribution in [0.4, 0.5) is 0 Å². The maximum absolute atomic E-state index is 6.45. The standard InChI is InChI=1S/C16H30N2/c1-12-8-9-14(17)16(11-12)18-10-4-6-13-5-2-3-7-15(13)18/h12-16H,2-11,17H2,1H3.